The molecule has 9 aromatic rings. The predicted molar refractivity (Wildman–Crippen MR) is 267 cm³/mol. The lowest BCUT2D eigenvalue weighted by Crippen LogP contribution is -2.17. The zero-order valence-corrected chi connectivity index (χ0v) is 36.8. The van der Waals surface area contributed by atoms with E-state index in [9.17, 15) is 0 Å². The van der Waals surface area contributed by atoms with Gasteiger partial charge in [-0.05, 0) is 175 Å². The Kier molecular flexibility index (Phi) is 7.86. The molecule has 9 aromatic carbocycles. The molecule has 2 heteroatoms. The van der Waals surface area contributed by atoms with Gasteiger partial charge in [-0.15, -0.1) is 0 Å². The first-order chi connectivity index (χ1) is 31.2. The fourth-order valence-corrected chi connectivity index (χ4v) is 11.8. The van der Waals surface area contributed by atoms with Gasteiger partial charge in [-0.2, -0.15) is 0 Å². The third-order valence-electron chi connectivity index (χ3n) is 15.1. The molecule has 0 unspecified atom stereocenters. The van der Waals surface area contributed by atoms with Gasteiger partial charge in [0, 0.05) is 45.0 Å². The zero-order valence-electron chi connectivity index (χ0n) is 36.8. The van der Waals surface area contributed by atoms with Gasteiger partial charge in [0.05, 0.1) is 0 Å². The van der Waals surface area contributed by atoms with Crippen molar-refractivity contribution in [3.8, 4) is 44.5 Å². The lowest BCUT2D eigenvalue weighted by Gasteiger charge is -2.30. The Labute approximate surface area is 376 Å². The van der Waals surface area contributed by atoms with Crippen LogP contribution in [0.1, 0.15) is 72.2 Å². The molecule has 4 aliphatic rings. The van der Waals surface area contributed by atoms with Crippen LogP contribution in [0, 0.1) is 0 Å². The highest BCUT2D eigenvalue weighted by Gasteiger charge is 2.37. The van der Waals surface area contributed by atoms with Crippen molar-refractivity contribution in [2.24, 2.45) is 0 Å². The summed E-state index contributed by atoms with van der Waals surface area (Å²) >= 11 is 0. The molecule has 64 heavy (non-hydrogen) atoms. The van der Waals surface area contributed by atoms with Gasteiger partial charge in [0.15, 0.2) is 0 Å². The molecule has 0 heterocycles. The van der Waals surface area contributed by atoms with E-state index in [0.29, 0.717) is 0 Å². The summed E-state index contributed by atoms with van der Waals surface area (Å²) in [5.41, 5.74) is 28.5. The summed E-state index contributed by atoms with van der Waals surface area (Å²) in [6.45, 7) is 9.49. The molecule has 0 fully saturated rings. The van der Waals surface area contributed by atoms with Crippen LogP contribution >= 0.6 is 0 Å². The van der Waals surface area contributed by atoms with Gasteiger partial charge in [0.1, 0.15) is 0 Å². The first kappa shape index (κ1) is 37.2. The molecular formula is C62H48N2. The second-order valence-electron chi connectivity index (χ2n) is 19.3. The topological polar surface area (TPSA) is 6.48 Å². The van der Waals surface area contributed by atoms with E-state index in [1.54, 1.807) is 0 Å². The van der Waals surface area contributed by atoms with E-state index in [0.717, 1.165) is 24.2 Å². The van der Waals surface area contributed by atoms with E-state index in [2.05, 4.69) is 232 Å². The van der Waals surface area contributed by atoms with Crippen LogP contribution < -0.4 is 9.80 Å². The van der Waals surface area contributed by atoms with Gasteiger partial charge in [0.2, 0.25) is 0 Å². The molecule has 0 radical (unpaired) electrons. The van der Waals surface area contributed by atoms with Crippen LogP contribution in [-0.4, -0.2) is 0 Å². The average molecular weight is 821 g/mol. The molecule has 4 aliphatic carbocycles. The maximum absolute atomic E-state index is 2.47. The van der Waals surface area contributed by atoms with Crippen LogP contribution in [0.4, 0.5) is 34.1 Å². The van der Waals surface area contributed by atoms with Crippen molar-refractivity contribution in [3.63, 3.8) is 0 Å². The molecule has 0 saturated heterocycles. The van der Waals surface area contributed by atoms with Crippen molar-refractivity contribution in [2.45, 2.75) is 51.4 Å². The van der Waals surface area contributed by atoms with Crippen molar-refractivity contribution in [2.75, 3.05) is 9.80 Å². The Morgan fingerprint density at radius 1 is 0.266 bits per heavy atom. The monoisotopic (exact) mass is 820 g/mol. The molecule has 0 bridgehead atoms. The van der Waals surface area contributed by atoms with Gasteiger partial charge >= 0.3 is 0 Å². The fraction of sp³-hybridized carbons (Fsp3) is 0.129. The normalized spacial score (nSPS) is 14.7. The Morgan fingerprint density at radius 3 is 0.984 bits per heavy atom. The largest absolute Gasteiger partial charge is 0.310 e. The first-order valence-corrected chi connectivity index (χ1v) is 22.8. The lowest BCUT2D eigenvalue weighted by molar-refractivity contribution is 0.660. The van der Waals surface area contributed by atoms with Gasteiger partial charge in [0.25, 0.3) is 0 Å². The van der Waals surface area contributed by atoms with E-state index in [-0.39, 0.29) is 10.8 Å². The number of anilines is 6. The molecule has 13 rings (SSSR count). The molecule has 0 atom stereocenters. The molecule has 306 valence electrons. The average Bonchev–Trinajstić information content (AvgIpc) is 4.02. The second kappa shape index (κ2) is 13.5. The number of fused-ring (bicyclic) bond motifs is 12. The van der Waals surface area contributed by atoms with Gasteiger partial charge < -0.3 is 9.80 Å². The lowest BCUT2D eigenvalue weighted by atomic mass is 9.82. The maximum atomic E-state index is 2.47. The molecule has 0 spiro atoms. The highest BCUT2D eigenvalue weighted by atomic mass is 15.2. The molecular weight excluding hydrogens is 773 g/mol. The van der Waals surface area contributed by atoms with Crippen molar-refractivity contribution >= 4 is 34.1 Å². The van der Waals surface area contributed by atoms with Crippen molar-refractivity contribution in [1.82, 2.24) is 0 Å². The number of hydrogen-bond acceptors (Lipinski definition) is 2. The Balaban J connectivity index is 0.950. The third kappa shape index (κ3) is 5.38. The number of rotatable bonds is 6. The molecule has 0 N–H and O–H groups in total. The predicted octanol–water partition coefficient (Wildman–Crippen LogP) is 16.4. The van der Waals surface area contributed by atoms with Crippen LogP contribution in [0.15, 0.2) is 194 Å². The van der Waals surface area contributed by atoms with Crippen molar-refractivity contribution in [3.05, 3.63) is 239 Å². The summed E-state index contributed by atoms with van der Waals surface area (Å²) < 4.78 is 0. The van der Waals surface area contributed by atoms with Crippen LogP contribution in [-0.2, 0) is 23.7 Å². The van der Waals surface area contributed by atoms with Crippen molar-refractivity contribution < 1.29 is 0 Å². The Hall–Kier alpha value is -7.42. The minimum Gasteiger partial charge on any atom is -0.310 e. The summed E-state index contributed by atoms with van der Waals surface area (Å²) in [5, 5.41) is 0. The van der Waals surface area contributed by atoms with E-state index in [1.807, 2.05) is 0 Å². The molecule has 0 amide bonds. The van der Waals surface area contributed by atoms with Crippen LogP contribution in [0.5, 0.6) is 0 Å². The minimum atomic E-state index is -0.111. The van der Waals surface area contributed by atoms with E-state index in [1.165, 1.54) is 112 Å². The SMILES string of the molecule is CC1(C)c2ccccc2-c2ccc(N(c3ccc(N(c4ccc5c(c4)Cc4ccccc4-5)c4ccc5c(c4)C(C)(C)c4ccccc4-5)cc3)c3ccc4c(c3)Cc3ccccc3-4)cc21. The van der Waals surface area contributed by atoms with Crippen LogP contribution in [0.25, 0.3) is 44.5 Å². The Morgan fingerprint density at radius 2 is 0.562 bits per heavy atom. The van der Waals surface area contributed by atoms with Gasteiger partial charge in [-0.3, -0.25) is 0 Å². The smallest absolute Gasteiger partial charge is 0.0465 e. The maximum Gasteiger partial charge on any atom is 0.0465 e. The highest BCUT2D eigenvalue weighted by molar-refractivity contribution is 5.90. The standard InChI is InChI=1S/C62H48N2/c1-61(2)57-19-11-9-17-53(57)55-31-27-47(37-59(55)61)63(45-25-29-51-41(35-45)33-39-13-5-7-15-49(39)51)43-21-23-44(24-22-43)64(46-26-30-52-42(36-46)34-40-14-6-8-16-50(40)52)48-28-32-56-54-18-10-12-20-58(54)62(3,4)60(56)38-48/h5-32,35-38H,33-34H2,1-4H3. The summed E-state index contributed by atoms with van der Waals surface area (Å²) in [4.78, 5) is 4.94. The molecule has 0 saturated carbocycles. The summed E-state index contributed by atoms with van der Waals surface area (Å²) in [7, 11) is 0. The minimum absolute atomic E-state index is 0.111. The van der Waals surface area contributed by atoms with Crippen LogP contribution in [0.2, 0.25) is 0 Å². The second-order valence-corrected chi connectivity index (χ2v) is 19.3. The Bertz CT molecular complexity index is 3180. The zero-order chi connectivity index (χ0) is 42.9. The van der Waals surface area contributed by atoms with E-state index < -0.39 is 0 Å². The van der Waals surface area contributed by atoms with Gasteiger partial charge in [-0.1, -0.05) is 149 Å². The third-order valence-corrected chi connectivity index (χ3v) is 15.1. The summed E-state index contributed by atoms with van der Waals surface area (Å²) in [6.07, 6.45) is 1.89. The van der Waals surface area contributed by atoms with Crippen LogP contribution in [0.3, 0.4) is 0 Å². The van der Waals surface area contributed by atoms with Gasteiger partial charge in [-0.25, -0.2) is 0 Å². The highest BCUT2D eigenvalue weighted by Crippen LogP contribution is 2.53. The van der Waals surface area contributed by atoms with Crippen molar-refractivity contribution in [1.29, 1.82) is 0 Å². The fourth-order valence-electron chi connectivity index (χ4n) is 11.8. The number of benzene rings is 9. The number of nitrogens with zero attached hydrogens (tertiary/aromatic N) is 2. The molecule has 0 aromatic heterocycles. The van der Waals surface area contributed by atoms with E-state index >= 15 is 0 Å². The summed E-state index contributed by atoms with van der Waals surface area (Å²) in [5.74, 6) is 0. The number of hydrogen-bond donors (Lipinski definition) is 0. The quantitative estimate of drug-likeness (QED) is 0.165. The molecule has 2 nitrogen and oxygen atoms in total. The van der Waals surface area contributed by atoms with E-state index in [4.69, 9.17) is 0 Å². The first-order valence-electron chi connectivity index (χ1n) is 22.8. The summed E-state index contributed by atoms with van der Waals surface area (Å²) in [6, 6.07) is 73.3. The molecule has 0 aliphatic heterocycles.